The molecule has 1 rings (SSSR count). The van der Waals surface area contributed by atoms with Gasteiger partial charge in [0.15, 0.2) is 5.40 Å². The molecular weight excluding hydrogens is 403 g/mol. The summed E-state index contributed by atoms with van der Waals surface area (Å²) in [5, 5.41) is -1.94. The Balaban J connectivity index is 0.00000676. The van der Waals surface area contributed by atoms with Gasteiger partial charge in [0.25, 0.3) is 0 Å². The molecule has 0 saturated heterocycles. The molecule has 4 N–H and O–H groups in total. The third-order valence-corrected chi connectivity index (χ3v) is 7.89. The largest absolute Gasteiger partial charge is 0.496 e. The van der Waals surface area contributed by atoms with Gasteiger partial charge in [0, 0.05) is 41.7 Å². The Morgan fingerprint density at radius 3 is 2.26 bits per heavy atom. The zero-order valence-electron chi connectivity index (χ0n) is 16.1. The van der Waals surface area contributed by atoms with Crippen molar-refractivity contribution in [2.45, 2.75) is 25.2 Å². The van der Waals surface area contributed by atoms with Crippen molar-refractivity contribution < 1.29 is 33.4 Å². The van der Waals surface area contributed by atoms with Crippen LogP contribution in [0.2, 0.25) is 0 Å². The van der Waals surface area contributed by atoms with Crippen LogP contribution in [0.5, 0.6) is 5.75 Å². The first kappa shape index (κ1) is 27.0. The van der Waals surface area contributed by atoms with Gasteiger partial charge in [-0.2, -0.15) is 0 Å². The zero-order valence-corrected chi connectivity index (χ0v) is 19.9. The number of allylic oxidation sites excluding steroid dienone is 1. The van der Waals surface area contributed by atoms with Gasteiger partial charge in [0.05, 0.1) is 7.11 Å². The average Bonchev–Trinajstić information content (AvgIpc) is 2.54. The summed E-state index contributed by atoms with van der Waals surface area (Å²) in [4.78, 5) is 38.4. The molecule has 0 spiro atoms. The molecule has 149 valence electrons. The van der Waals surface area contributed by atoms with Crippen molar-refractivity contribution in [2.75, 3.05) is 27.2 Å². The van der Waals surface area contributed by atoms with E-state index in [-0.39, 0.29) is 42.4 Å². The molecule has 11 heteroatoms. The van der Waals surface area contributed by atoms with Crippen LogP contribution in [-0.2, 0) is 9.13 Å². The number of methoxy groups -OCH3 is 1. The van der Waals surface area contributed by atoms with E-state index in [4.69, 9.17) is 24.3 Å². The van der Waals surface area contributed by atoms with E-state index in [9.17, 15) is 9.13 Å². The molecule has 0 heterocycles. The summed E-state index contributed by atoms with van der Waals surface area (Å²) in [5.41, 5.74) is 2.00. The number of nitrogens with zero attached hydrogens (tertiary/aromatic N) is 1. The van der Waals surface area contributed by atoms with Crippen molar-refractivity contribution in [2.24, 2.45) is 0 Å². The van der Waals surface area contributed by atoms with E-state index in [1.807, 2.05) is 49.2 Å². The fraction of sp³-hybridized carbons (Fsp3) is 0.500. The van der Waals surface area contributed by atoms with Gasteiger partial charge in [0.1, 0.15) is 5.75 Å². The Hall–Kier alpha value is 0.0200. The van der Waals surface area contributed by atoms with E-state index >= 15 is 0 Å². The summed E-state index contributed by atoms with van der Waals surface area (Å²) in [7, 11) is -6.25. The molecule has 8 nitrogen and oxygen atoms in total. The van der Waals surface area contributed by atoms with Crippen LogP contribution in [0.1, 0.15) is 25.3 Å². The maximum absolute atomic E-state index is 11.3. The van der Waals surface area contributed by atoms with Crippen LogP contribution in [0.15, 0.2) is 30.3 Å². The fourth-order valence-electron chi connectivity index (χ4n) is 2.54. The second kappa shape index (κ2) is 11.9. The van der Waals surface area contributed by atoms with Gasteiger partial charge in [-0.1, -0.05) is 24.3 Å². The topological polar surface area (TPSA) is 128 Å². The van der Waals surface area contributed by atoms with Crippen LogP contribution >= 0.6 is 15.2 Å². The normalized spacial score (nSPS) is 13.0. The first-order chi connectivity index (χ1) is 12.0. The first-order valence-electron chi connectivity index (χ1n) is 8.06. The standard InChI is InChI=1S/C16H27NO7P2.Na/c1-13(14-7-4-5-8-15(14)24-3)10-12-17(2)11-6-9-16(25(18,19)20)26(21,22)23;/h4-5,7-8,10,16H,6,9,11-12H2,1-3H3,(H2,18,19,20)(H2,21,22,23);/b13-10+;. The molecule has 1 aromatic carbocycles. The van der Waals surface area contributed by atoms with Crippen molar-refractivity contribution in [3.8, 4) is 5.75 Å². The molecule has 0 aliphatic rings. The van der Waals surface area contributed by atoms with Crippen molar-refractivity contribution in [1.82, 2.24) is 4.90 Å². The molecule has 0 bridgehead atoms. The molecule has 0 saturated carbocycles. The van der Waals surface area contributed by atoms with E-state index in [1.54, 1.807) is 7.11 Å². The third kappa shape index (κ3) is 9.37. The molecule has 0 aliphatic heterocycles. The van der Waals surface area contributed by atoms with Gasteiger partial charge >= 0.3 is 15.2 Å². The van der Waals surface area contributed by atoms with E-state index in [1.165, 1.54) is 0 Å². The van der Waals surface area contributed by atoms with Gasteiger partial charge in [0.2, 0.25) is 0 Å². The van der Waals surface area contributed by atoms with Crippen molar-refractivity contribution in [3.05, 3.63) is 35.9 Å². The SMILES string of the molecule is COc1ccccc1/C(C)=C/CN(C)CCCC(P(=O)(O)O)P(=O)(O)O.[Na]. The minimum absolute atomic E-state index is 0. The van der Waals surface area contributed by atoms with Crippen LogP contribution < -0.4 is 4.74 Å². The molecule has 0 amide bonds. The summed E-state index contributed by atoms with van der Waals surface area (Å²) in [6.45, 7) is 3.00. The predicted molar refractivity (Wildman–Crippen MR) is 107 cm³/mol. The summed E-state index contributed by atoms with van der Waals surface area (Å²) < 4.78 is 27.8. The number of benzene rings is 1. The molecule has 0 aromatic heterocycles. The number of para-hydroxylation sites is 1. The average molecular weight is 430 g/mol. The van der Waals surface area contributed by atoms with E-state index < -0.39 is 20.6 Å². The van der Waals surface area contributed by atoms with Gasteiger partial charge < -0.3 is 29.2 Å². The number of rotatable bonds is 10. The first-order valence-corrected chi connectivity index (χ1v) is 11.4. The smallest absolute Gasteiger partial charge is 0.340 e. The van der Waals surface area contributed by atoms with Crippen LogP contribution in [0, 0.1) is 0 Å². The fourth-order valence-corrected chi connectivity index (χ4v) is 5.15. The summed E-state index contributed by atoms with van der Waals surface area (Å²) in [6.07, 6.45) is 2.02. The van der Waals surface area contributed by atoms with Crippen molar-refractivity contribution >= 4 is 50.3 Å². The minimum Gasteiger partial charge on any atom is -0.496 e. The Morgan fingerprint density at radius 2 is 1.74 bits per heavy atom. The monoisotopic (exact) mass is 430 g/mol. The van der Waals surface area contributed by atoms with Gasteiger partial charge in [-0.15, -0.1) is 0 Å². The van der Waals surface area contributed by atoms with E-state index in [0.717, 1.165) is 16.9 Å². The van der Waals surface area contributed by atoms with Crippen LogP contribution in [0.25, 0.3) is 5.57 Å². The van der Waals surface area contributed by atoms with E-state index in [2.05, 4.69) is 0 Å². The predicted octanol–water partition coefficient (Wildman–Crippen LogP) is 2.11. The third-order valence-electron chi connectivity index (χ3n) is 4.02. The van der Waals surface area contributed by atoms with Crippen LogP contribution in [0.3, 0.4) is 0 Å². The number of ether oxygens (including phenoxy) is 1. The number of likely N-dealkylation sites (N-methyl/N-ethyl adjacent to an activating group) is 1. The molecule has 0 atom stereocenters. The molecule has 0 unspecified atom stereocenters. The number of hydrogen-bond donors (Lipinski definition) is 4. The molecule has 0 fully saturated rings. The second-order valence-electron chi connectivity index (χ2n) is 6.15. The summed E-state index contributed by atoms with van der Waals surface area (Å²) in [5.74, 6) is 0.773. The maximum atomic E-state index is 11.3. The Morgan fingerprint density at radius 1 is 1.19 bits per heavy atom. The van der Waals surface area contributed by atoms with Gasteiger partial charge in [-0.05, 0) is 45.0 Å². The van der Waals surface area contributed by atoms with Crippen LogP contribution in [0.4, 0.5) is 0 Å². The Kier molecular flexibility index (Phi) is 11.9. The zero-order chi connectivity index (χ0) is 20.0. The molecule has 1 aromatic rings. The summed E-state index contributed by atoms with van der Waals surface area (Å²) in [6, 6.07) is 7.64. The number of hydrogen-bond acceptors (Lipinski definition) is 4. The Labute approximate surface area is 182 Å². The van der Waals surface area contributed by atoms with Gasteiger partial charge in [-0.25, -0.2) is 0 Å². The van der Waals surface area contributed by atoms with E-state index in [0.29, 0.717) is 13.1 Å². The molecule has 0 aliphatic carbocycles. The van der Waals surface area contributed by atoms with Crippen molar-refractivity contribution in [1.29, 1.82) is 0 Å². The minimum atomic E-state index is -4.85. The molecular formula is C16H27NNaO7P2. The van der Waals surface area contributed by atoms with Crippen molar-refractivity contribution in [3.63, 3.8) is 0 Å². The summed E-state index contributed by atoms with van der Waals surface area (Å²) >= 11 is 0. The second-order valence-corrected chi connectivity index (χ2v) is 10.2. The van der Waals surface area contributed by atoms with Crippen LogP contribution in [-0.4, -0.2) is 86.7 Å². The Bertz CT molecular complexity index is 694. The molecule has 1 radical (unpaired) electrons. The maximum Gasteiger partial charge on any atom is 0.340 e. The quantitative estimate of drug-likeness (QED) is 0.328. The molecule has 27 heavy (non-hydrogen) atoms. The van der Waals surface area contributed by atoms with Gasteiger partial charge in [-0.3, -0.25) is 9.13 Å².